The summed E-state index contributed by atoms with van der Waals surface area (Å²) in [6, 6.07) is 6.66. The van der Waals surface area contributed by atoms with Crippen molar-refractivity contribution in [3.63, 3.8) is 0 Å². The van der Waals surface area contributed by atoms with Crippen LogP contribution in [0.5, 0.6) is 0 Å². The fraction of sp³-hybridized carbons (Fsp3) is 0.300. The van der Waals surface area contributed by atoms with E-state index in [1.807, 2.05) is 0 Å². The van der Waals surface area contributed by atoms with Crippen LogP contribution in [0.3, 0.4) is 0 Å². The van der Waals surface area contributed by atoms with Gasteiger partial charge in [0, 0.05) is 5.02 Å². The second-order valence-electron chi connectivity index (χ2n) is 2.96. The highest BCUT2D eigenvalue weighted by molar-refractivity contribution is 6.48. The van der Waals surface area contributed by atoms with Gasteiger partial charge in [-0.25, -0.2) is 0 Å². The molecule has 0 bridgehead atoms. The maximum Gasteiger partial charge on any atom is 0.308 e. The molecule has 0 fully saturated rings. The quantitative estimate of drug-likeness (QED) is 0.618. The van der Waals surface area contributed by atoms with E-state index in [9.17, 15) is 4.79 Å². The van der Waals surface area contributed by atoms with E-state index in [1.165, 1.54) is 7.11 Å². The number of carbonyl (C=O) groups excluding carboxylic acids is 1. The molecule has 5 heteroatoms. The van der Waals surface area contributed by atoms with E-state index in [0.717, 1.165) is 0 Å². The average molecular weight is 268 g/mol. The van der Waals surface area contributed by atoms with Crippen molar-refractivity contribution in [3.05, 3.63) is 34.9 Å². The molecule has 0 amide bonds. The van der Waals surface area contributed by atoms with Gasteiger partial charge in [0.1, 0.15) is 0 Å². The normalized spacial score (nSPS) is 11.2. The third-order valence-electron chi connectivity index (χ3n) is 1.86. The molecule has 1 aromatic rings. The number of carbonyl (C=O) groups is 1. The molecule has 2 nitrogen and oxygen atoms in total. The highest BCUT2D eigenvalue weighted by atomic mass is 35.5. The Hall–Kier alpha value is -0.440. The van der Waals surface area contributed by atoms with Crippen LogP contribution in [0.4, 0.5) is 0 Å². The summed E-state index contributed by atoms with van der Waals surface area (Å²) in [4.78, 5) is 11.1. The first kappa shape index (κ1) is 12.6. The summed E-state index contributed by atoms with van der Waals surface area (Å²) in [6.07, 6.45) is -0.103. The molecule has 0 aromatic heterocycles. The first-order valence-electron chi connectivity index (χ1n) is 4.16. The predicted molar refractivity (Wildman–Crippen MR) is 61.5 cm³/mol. The van der Waals surface area contributed by atoms with Crippen LogP contribution in [0, 0.1) is 0 Å². The van der Waals surface area contributed by atoms with Crippen molar-refractivity contribution < 1.29 is 9.53 Å². The second kappa shape index (κ2) is 5.06. The predicted octanol–water partition coefficient (Wildman–Crippen LogP) is 3.53. The van der Waals surface area contributed by atoms with Gasteiger partial charge in [-0.15, -0.1) is 0 Å². The molecule has 0 saturated heterocycles. The number of methoxy groups -OCH3 is 1. The number of benzene rings is 1. The summed E-state index contributed by atoms with van der Waals surface area (Å²) in [7, 11) is 1.29. The average Bonchev–Trinajstić information content (AvgIpc) is 2.17. The molecule has 0 spiro atoms. The lowest BCUT2D eigenvalue weighted by atomic mass is 10.1. The molecule has 0 unspecified atom stereocenters. The molecule has 1 rings (SSSR count). The maximum atomic E-state index is 11.1. The first-order valence-corrected chi connectivity index (χ1v) is 5.30. The van der Waals surface area contributed by atoms with Crippen LogP contribution in [0.15, 0.2) is 24.3 Å². The van der Waals surface area contributed by atoms with Crippen LogP contribution < -0.4 is 0 Å². The van der Waals surface area contributed by atoms with Gasteiger partial charge < -0.3 is 4.74 Å². The third-order valence-corrected chi connectivity index (χ3v) is 2.82. The largest absolute Gasteiger partial charge is 0.469 e. The van der Waals surface area contributed by atoms with Gasteiger partial charge in [0.15, 0.2) is 4.33 Å². The Bertz CT molecular complexity index is 346. The summed E-state index contributed by atoms with van der Waals surface area (Å²) >= 11 is 17.7. The number of rotatable bonds is 3. The zero-order valence-corrected chi connectivity index (χ0v) is 10.2. The SMILES string of the molecule is COC(=O)CC(Cl)(Cl)c1ccc(Cl)cc1. The Morgan fingerprint density at radius 1 is 1.33 bits per heavy atom. The van der Waals surface area contributed by atoms with Gasteiger partial charge in [-0.2, -0.15) is 0 Å². The molecule has 0 aliphatic rings. The number of alkyl halides is 2. The molecule has 0 aliphatic heterocycles. The number of hydrogen-bond donors (Lipinski definition) is 0. The van der Waals surface area contributed by atoms with E-state index in [0.29, 0.717) is 10.6 Å². The van der Waals surface area contributed by atoms with Crippen molar-refractivity contribution in [2.45, 2.75) is 10.8 Å². The monoisotopic (exact) mass is 266 g/mol. The standard InChI is InChI=1S/C10H9Cl3O2/c1-15-9(14)6-10(12,13)7-2-4-8(11)5-3-7/h2-5H,6H2,1H3. The first-order chi connectivity index (χ1) is 6.95. The van der Waals surface area contributed by atoms with E-state index < -0.39 is 10.3 Å². The van der Waals surface area contributed by atoms with Gasteiger partial charge in [0.05, 0.1) is 13.5 Å². The molecular weight excluding hydrogens is 258 g/mol. The summed E-state index contributed by atoms with van der Waals surface area (Å²) < 4.78 is 3.22. The van der Waals surface area contributed by atoms with Gasteiger partial charge >= 0.3 is 5.97 Å². The number of halogens is 3. The molecule has 15 heavy (non-hydrogen) atoms. The summed E-state index contributed by atoms with van der Waals surface area (Å²) in [6.45, 7) is 0. The molecule has 0 radical (unpaired) electrons. The molecule has 0 N–H and O–H groups in total. The zero-order chi connectivity index (χ0) is 11.5. The van der Waals surface area contributed by atoms with Crippen LogP contribution in [0.2, 0.25) is 5.02 Å². The van der Waals surface area contributed by atoms with Crippen molar-refractivity contribution in [3.8, 4) is 0 Å². The lowest BCUT2D eigenvalue weighted by molar-refractivity contribution is -0.140. The van der Waals surface area contributed by atoms with Crippen LogP contribution in [0.25, 0.3) is 0 Å². The molecule has 0 aliphatic carbocycles. The summed E-state index contributed by atoms with van der Waals surface area (Å²) in [5.74, 6) is -0.463. The Morgan fingerprint density at radius 2 is 1.87 bits per heavy atom. The lowest BCUT2D eigenvalue weighted by Crippen LogP contribution is -2.17. The van der Waals surface area contributed by atoms with Gasteiger partial charge in [0.25, 0.3) is 0 Å². The molecule has 0 heterocycles. The lowest BCUT2D eigenvalue weighted by Gasteiger charge is -2.18. The van der Waals surface area contributed by atoms with E-state index in [1.54, 1.807) is 24.3 Å². The van der Waals surface area contributed by atoms with Crippen LogP contribution in [0.1, 0.15) is 12.0 Å². The maximum absolute atomic E-state index is 11.1. The van der Waals surface area contributed by atoms with Gasteiger partial charge in [-0.1, -0.05) is 46.9 Å². The molecule has 0 atom stereocenters. The van der Waals surface area contributed by atoms with Crippen molar-refractivity contribution in [2.24, 2.45) is 0 Å². The minimum atomic E-state index is -1.28. The zero-order valence-electron chi connectivity index (χ0n) is 7.97. The van der Waals surface area contributed by atoms with Crippen LogP contribution in [-0.4, -0.2) is 13.1 Å². The number of ether oxygens (including phenoxy) is 1. The van der Waals surface area contributed by atoms with Crippen molar-refractivity contribution in [1.82, 2.24) is 0 Å². The van der Waals surface area contributed by atoms with Gasteiger partial charge in [-0.3, -0.25) is 4.79 Å². The third kappa shape index (κ3) is 3.56. The van der Waals surface area contributed by atoms with Crippen LogP contribution >= 0.6 is 34.8 Å². The van der Waals surface area contributed by atoms with E-state index >= 15 is 0 Å². The fourth-order valence-corrected chi connectivity index (χ4v) is 1.65. The highest BCUT2D eigenvalue weighted by Gasteiger charge is 2.30. The summed E-state index contributed by atoms with van der Waals surface area (Å²) in [5.41, 5.74) is 0.612. The molecular formula is C10H9Cl3O2. The van der Waals surface area contributed by atoms with Gasteiger partial charge in [0.2, 0.25) is 0 Å². The number of hydrogen-bond acceptors (Lipinski definition) is 2. The van der Waals surface area contributed by atoms with E-state index in [2.05, 4.69) is 4.74 Å². The van der Waals surface area contributed by atoms with E-state index in [4.69, 9.17) is 34.8 Å². The fourth-order valence-electron chi connectivity index (χ4n) is 1.05. The molecule has 82 valence electrons. The Balaban J connectivity index is 2.85. The van der Waals surface area contributed by atoms with Crippen molar-refractivity contribution >= 4 is 40.8 Å². The molecule has 0 saturated carbocycles. The molecule has 1 aromatic carbocycles. The number of esters is 1. The van der Waals surface area contributed by atoms with Gasteiger partial charge in [-0.05, 0) is 17.7 Å². The van der Waals surface area contributed by atoms with Crippen molar-refractivity contribution in [1.29, 1.82) is 0 Å². The minimum absolute atomic E-state index is 0.103. The van der Waals surface area contributed by atoms with Crippen molar-refractivity contribution in [2.75, 3.05) is 7.11 Å². The van der Waals surface area contributed by atoms with E-state index in [-0.39, 0.29) is 6.42 Å². The Morgan fingerprint density at radius 3 is 2.33 bits per heavy atom. The topological polar surface area (TPSA) is 26.3 Å². The van der Waals surface area contributed by atoms with Crippen LogP contribution in [-0.2, 0) is 13.9 Å². The minimum Gasteiger partial charge on any atom is -0.469 e. The highest BCUT2D eigenvalue weighted by Crippen LogP contribution is 2.37. The smallest absolute Gasteiger partial charge is 0.308 e. The Kier molecular flexibility index (Phi) is 4.26. The Labute approximate surface area is 103 Å². The summed E-state index contributed by atoms with van der Waals surface area (Å²) in [5, 5.41) is 0.584. The second-order valence-corrected chi connectivity index (χ2v) is 4.88.